The summed E-state index contributed by atoms with van der Waals surface area (Å²) in [6, 6.07) is 10.1. The van der Waals surface area contributed by atoms with Gasteiger partial charge in [-0.3, -0.25) is 10.1 Å². The molecule has 0 aliphatic carbocycles. The summed E-state index contributed by atoms with van der Waals surface area (Å²) < 4.78 is 5.83. The molecular weight excluding hydrogens is 326 g/mol. The van der Waals surface area contributed by atoms with Gasteiger partial charge in [0.05, 0.1) is 10.5 Å². The standard InChI is InChI=1S/C17H19N3O3S/c1-2-18-9-11-19(12-10-18)17(24)16-8-7-15(23-16)13-5-3-4-6-14(13)20(21)22/h3-8H,2,9-12H2,1H3. The van der Waals surface area contributed by atoms with Crippen LogP contribution in [0.1, 0.15) is 12.7 Å². The van der Waals surface area contributed by atoms with Crippen molar-refractivity contribution < 1.29 is 9.34 Å². The van der Waals surface area contributed by atoms with Gasteiger partial charge in [-0.15, -0.1) is 0 Å². The zero-order valence-corrected chi connectivity index (χ0v) is 14.3. The molecule has 0 saturated carbocycles. The smallest absolute Gasteiger partial charge is 0.280 e. The molecule has 2 aromatic rings. The fraction of sp³-hybridized carbons (Fsp3) is 0.353. The highest BCUT2D eigenvalue weighted by molar-refractivity contribution is 7.80. The van der Waals surface area contributed by atoms with Crippen molar-refractivity contribution in [3.63, 3.8) is 0 Å². The van der Waals surface area contributed by atoms with Gasteiger partial charge in [-0.25, -0.2) is 0 Å². The topological polar surface area (TPSA) is 62.8 Å². The third kappa shape index (κ3) is 3.32. The van der Waals surface area contributed by atoms with Gasteiger partial charge >= 0.3 is 0 Å². The number of hydrogen-bond donors (Lipinski definition) is 0. The zero-order valence-electron chi connectivity index (χ0n) is 13.5. The van der Waals surface area contributed by atoms with E-state index in [1.807, 2.05) is 0 Å². The van der Waals surface area contributed by atoms with E-state index in [2.05, 4.69) is 16.7 Å². The van der Waals surface area contributed by atoms with Crippen molar-refractivity contribution in [1.82, 2.24) is 9.80 Å². The van der Waals surface area contributed by atoms with Crippen molar-refractivity contribution in [2.24, 2.45) is 0 Å². The van der Waals surface area contributed by atoms with E-state index < -0.39 is 4.92 Å². The summed E-state index contributed by atoms with van der Waals surface area (Å²) >= 11 is 5.54. The first-order chi connectivity index (χ1) is 11.6. The number of furan rings is 1. The van der Waals surface area contributed by atoms with Crippen LogP contribution in [0, 0.1) is 10.1 Å². The Kier molecular flexibility index (Phi) is 4.92. The lowest BCUT2D eigenvalue weighted by molar-refractivity contribution is -0.384. The Balaban J connectivity index is 1.79. The molecule has 0 N–H and O–H groups in total. The first-order valence-electron chi connectivity index (χ1n) is 7.95. The summed E-state index contributed by atoms with van der Waals surface area (Å²) in [6.45, 7) is 6.90. The second-order valence-electron chi connectivity index (χ2n) is 5.66. The van der Waals surface area contributed by atoms with Gasteiger partial charge < -0.3 is 14.2 Å². The largest absolute Gasteiger partial charge is 0.453 e. The molecule has 7 heteroatoms. The Morgan fingerprint density at radius 1 is 1.21 bits per heavy atom. The van der Waals surface area contributed by atoms with Crippen LogP contribution in [0.15, 0.2) is 40.8 Å². The zero-order chi connectivity index (χ0) is 17.1. The van der Waals surface area contributed by atoms with Gasteiger partial charge in [0.1, 0.15) is 10.7 Å². The Labute approximate surface area is 145 Å². The fourth-order valence-corrected chi connectivity index (χ4v) is 3.15. The van der Waals surface area contributed by atoms with E-state index in [1.54, 1.807) is 30.3 Å². The summed E-state index contributed by atoms with van der Waals surface area (Å²) in [7, 11) is 0. The predicted molar refractivity (Wildman–Crippen MR) is 96.2 cm³/mol. The number of nitro benzene ring substituents is 1. The highest BCUT2D eigenvalue weighted by atomic mass is 32.1. The molecule has 0 amide bonds. The summed E-state index contributed by atoms with van der Waals surface area (Å²) in [4.78, 5) is 15.9. The highest BCUT2D eigenvalue weighted by Crippen LogP contribution is 2.31. The summed E-state index contributed by atoms with van der Waals surface area (Å²) in [6.07, 6.45) is 0. The number of rotatable bonds is 4. The molecule has 1 aromatic carbocycles. The van der Waals surface area contributed by atoms with Gasteiger partial charge in [0.15, 0.2) is 5.76 Å². The fourth-order valence-electron chi connectivity index (χ4n) is 2.86. The van der Waals surface area contributed by atoms with Gasteiger partial charge in [-0.05, 0) is 24.7 Å². The lowest BCUT2D eigenvalue weighted by atomic mass is 10.1. The molecule has 0 spiro atoms. The number of nitrogens with zero attached hydrogens (tertiary/aromatic N) is 3. The number of nitro groups is 1. The van der Waals surface area contributed by atoms with Gasteiger partial charge in [-0.2, -0.15) is 0 Å². The van der Waals surface area contributed by atoms with Crippen LogP contribution in [-0.2, 0) is 0 Å². The van der Waals surface area contributed by atoms with Crippen LogP contribution in [0.25, 0.3) is 11.3 Å². The lowest BCUT2D eigenvalue weighted by Crippen LogP contribution is -2.48. The number of thiocarbonyl (C=S) groups is 1. The monoisotopic (exact) mass is 345 g/mol. The minimum absolute atomic E-state index is 0.0286. The van der Waals surface area contributed by atoms with Crippen LogP contribution in [0.4, 0.5) is 5.69 Å². The normalized spacial score (nSPS) is 15.5. The molecule has 3 rings (SSSR count). The number of likely N-dealkylation sites (N-methyl/N-ethyl adjacent to an activating group) is 1. The molecule has 126 valence electrons. The van der Waals surface area contributed by atoms with Crippen molar-refractivity contribution in [3.05, 3.63) is 52.3 Å². The maximum Gasteiger partial charge on any atom is 0.280 e. The van der Waals surface area contributed by atoms with Gasteiger partial charge in [-0.1, -0.05) is 31.3 Å². The maximum absolute atomic E-state index is 11.2. The molecule has 1 aliphatic heterocycles. The molecule has 6 nitrogen and oxygen atoms in total. The number of para-hydroxylation sites is 1. The first kappa shape index (κ1) is 16.6. The van der Waals surface area contributed by atoms with Gasteiger partial charge in [0.2, 0.25) is 0 Å². The highest BCUT2D eigenvalue weighted by Gasteiger charge is 2.22. The van der Waals surface area contributed by atoms with Crippen LogP contribution in [0.2, 0.25) is 0 Å². The van der Waals surface area contributed by atoms with Crippen molar-refractivity contribution in [2.45, 2.75) is 6.92 Å². The van der Waals surface area contributed by atoms with Crippen LogP contribution in [0.3, 0.4) is 0 Å². The summed E-state index contributed by atoms with van der Waals surface area (Å²) in [5, 5.41) is 11.2. The van der Waals surface area contributed by atoms with Gasteiger partial charge in [0.25, 0.3) is 5.69 Å². The van der Waals surface area contributed by atoms with Gasteiger partial charge in [0, 0.05) is 32.2 Å². The average molecular weight is 345 g/mol. The van der Waals surface area contributed by atoms with E-state index in [-0.39, 0.29) is 5.69 Å². The van der Waals surface area contributed by atoms with Crippen LogP contribution < -0.4 is 0 Å². The SMILES string of the molecule is CCN1CCN(C(=S)c2ccc(-c3ccccc3[N+](=O)[O-])o2)CC1. The molecule has 24 heavy (non-hydrogen) atoms. The molecule has 1 aromatic heterocycles. The molecular formula is C17H19N3O3S. The maximum atomic E-state index is 11.2. The molecule has 1 saturated heterocycles. The Morgan fingerprint density at radius 2 is 1.92 bits per heavy atom. The number of hydrogen-bond acceptors (Lipinski definition) is 5. The number of piperazine rings is 1. The Bertz CT molecular complexity index is 751. The molecule has 1 fully saturated rings. The van der Waals surface area contributed by atoms with Crippen molar-refractivity contribution in [2.75, 3.05) is 32.7 Å². The molecule has 0 atom stereocenters. The molecule has 0 radical (unpaired) electrons. The first-order valence-corrected chi connectivity index (χ1v) is 8.36. The number of benzene rings is 1. The minimum atomic E-state index is -0.403. The van der Waals surface area contributed by atoms with Crippen LogP contribution in [0.5, 0.6) is 0 Å². The molecule has 0 unspecified atom stereocenters. The molecule has 0 bridgehead atoms. The van der Waals surface area contributed by atoms with Crippen LogP contribution in [-0.4, -0.2) is 52.4 Å². The lowest BCUT2D eigenvalue weighted by Gasteiger charge is -2.35. The van der Waals surface area contributed by atoms with E-state index in [4.69, 9.17) is 16.6 Å². The third-order valence-corrected chi connectivity index (χ3v) is 4.75. The van der Waals surface area contributed by atoms with Crippen molar-refractivity contribution >= 4 is 22.9 Å². The van der Waals surface area contributed by atoms with Crippen LogP contribution >= 0.6 is 12.2 Å². The second-order valence-corrected chi connectivity index (χ2v) is 6.05. The van der Waals surface area contributed by atoms with E-state index in [0.29, 0.717) is 22.1 Å². The van der Waals surface area contributed by atoms with Crippen molar-refractivity contribution in [3.8, 4) is 11.3 Å². The minimum Gasteiger partial charge on any atom is -0.453 e. The summed E-state index contributed by atoms with van der Waals surface area (Å²) in [5.74, 6) is 1.05. The summed E-state index contributed by atoms with van der Waals surface area (Å²) in [5.41, 5.74) is 0.494. The van der Waals surface area contributed by atoms with E-state index in [0.717, 1.165) is 32.7 Å². The van der Waals surface area contributed by atoms with E-state index in [1.165, 1.54) is 6.07 Å². The van der Waals surface area contributed by atoms with E-state index >= 15 is 0 Å². The second kappa shape index (κ2) is 7.11. The molecule has 1 aliphatic rings. The third-order valence-electron chi connectivity index (χ3n) is 4.29. The predicted octanol–water partition coefficient (Wildman–Crippen LogP) is 3.17. The quantitative estimate of drug-likeness (QED) is 0.482. The van der Waals surface area contributed by atoms with Crippen molar-refractivity contribution in [1.29, 1.82) is 0 Å². The Morgan fingerprint density at radius 3 is 2.58 bits per heavy atom. The average Bonchev–Trinajstić information content (AvgIpc) is 3.11. The Hall–Kier alpha value is -2.25. The van der Waals surface area contributed by atoms with E-state index in [9.17, 15) is 10.1 Å². The molecule has 2 heterocycles.